The summed E-state index contributed by atoms with van der Waals surface area (Å²) < 4.78 is 76.0. The summed E-state index contributed by atoms with van der Waals surface area (Å²) in [6.07, 6.45) is 2.02. The number of nitrogens with zero attached hydrogens (tertiary/aromatic N) is 3. The van der Waals surface area contributed by atoms with Crippen LogP contribution in [0.2, 0.25) is 0 Å². The molecule has 1 fully saturated rings. The monoisotopic (exact) mass is 2010 g/mol. The standard InChI is InChI=1S/C97H131N17O28S/c1-7-36-102-94(130)106-65-20-15-22-67(55-65)143(133,134)112-66-21-14-19-62(54-66)75(57-84(120)121)110-96(132)105-64-33-31-63(32-34-64)104-95(131)103-40-45-138-49-53-140-52-48-137-44-39-101-88(124)74(25-12-13-37-99-80(116)28-16-27-79(115)98-6)107-82(118)30-17-29-81(117)100-38-43-136-47-51-139-50-46-135-42-35-83(119)108-76(58-85(122)123)91(127)113-41-18-26-77(113)89(125)111-86(61(4)5)92(128)142-97(9-3)72-56-78-87-70(59-114(78)90(126)71(72)60-141-93(97)129)68(8-2)69-23-10-11-24-73(69)109-87/h10-11,14-15,19-24,31-34,54-56,61,74-77,86,112H,7-9,12-13,16-18,25-30,35-53,57-60H2,1-6H3,(H,98,115)(H,99,116)(H,100,117)(H,101,124)(H,107,118)(H,108,119)(H,111,125)(H,120,121)(H,122,123)(H2,102,106,130)(H2,103,104,131)(H2,105,110,132)/t74-,75+,76-,77-,86-,97-/m0/s1. The van der Waals surface area contributed by atoms with Gasteiger partial charge in [0.15, 0.2) is 0 Å². The molecule has 6 atom stereocenters. The highest BCUT2D eigenvalue weighted by atomic mass is 32.2. The quantitative estimate of drug-likeness (QED) is 0.0169. The number of aromatic nitrogens is 2. The summed E-state index contributed by atoms with van der Waals surface area (Å²) in [6, 6.07) is 18.8. The van der Waals surface area contributed by atoms with Crippen molar-refractivity contribution in [2.45, 2.75) is 198 Å². The van der Waals surface area contributed by atoms with Gasteiger partial charge in [0, 0.05) is 118 Å². The number of amides is 14. The molecular weight excluding hydrogens is 1880 g/mol. The second-order valence-electron chi connectivity index (χ2n) is 34.2. The van der Waals surface area contributed by atoms with E-state index in [0.717, 1.165) is 26.9 Å². The van der Waals surface area contributed by atoms with Crippen LogP contribution in [0.4, 0.5) is 37.1 Å². The van der Waals surface area contributed by atoms with E-state index in [-0.39, 0.29) is 227 Å². The molecule has 0 saturated carbocycles. The van der Waals surface area contributed by atoms with Crippen molar-refractivity contribution >= 4 is 133 Å². The third-order valence-electron chi connectivity index (χ3n) is 23.3. The van der Waals surface area contributed by atoms with Crippen molar-refractivity contribution in [2.75, 3.05) is 146 Å². The van der Waals surface area contributed by atoms with Gasteiger partial charge in [0.2, 0.25) is 52.9 Å². The third kappa shape index (κ3) is 35.4. The predicted molar refractivity (Wildman–Crippen MR) is 521 cm³/mol. The van der Waals surface area contributed by atoms with E-state index in [1.807, 2.05) is 38.1 Å². The van der Waals surface area contributed by atoms with Gasteiger partial charge < -0.3 is 127 Å². The van der Waals surface area contributed by atoms with Crippen LogP contribution in [0.1, 0.15) is 171 Å². The molecule has 0 aliphatic carbocycles. The van der Waals surface area contributed by atoms with E-state index in [2.05, 4.69) is 73.8 Å². The first-order valence-corrected chi connectivity index (χ1v) is 49.4. The van der Waals surface area contributed by atoms with Crippen molar-refractivity contribution in [3.8, 4) is 11.4 Å². The Labute approximate surface area is 827 Å². The second kappa shape index (κ2) is 57.9. The van der Waals surface area contributed by atoms with E-state index < -0.39 is 142 Å². The maximum Gasteiger partial charge on any atom is 0.355 e. The van der Waals surface area contributed by atoms with Crippen molar-refractivity contribution in [2.24, 2.45) is 5.92 Å². The molecule has 45 nitrogen and oxygen atoms in total. The summed E-state index contributed by atoms with van der Waals surface area (Å²) >= 11 is 0. The van der Waals surface area contributed by atoms with Gasteiger partial charge in [-0.2, -0.15) is 0 Å². The number of benzene rings is 4. The molecule has 2 aromatic heterocycles. The number of rotatable bonds is 62. The number of cyclic esters (lactones) is 1. The van der Waals surface area contributed by atoms with Gasteiger partial charge in [-0.1, -0.05) is 71.0 Å². The summed E-state index contributed by atoms with van der Waals surface area (Å²) in [4.78, 5) is 216. The largest absolute Gasteiger partial charge is 0.481 e. The first-order chi connectivity index (χ1) is 68.7. The number of pyridine rings is 2. The number of carboxylic acid groups (broad SMARTS) is 2. The van der Waals surface area contributed by atoms with Crippen LogP contribution in [0.5, 0.6) is 0 Å². The number of fused-ring (bicyclic) bond motifs is 5. The molecule has 4 aromatic carbocycles. The van der Waals surface area contributed by atoms with Crippen LogP contribution in [0.25, 0.3) is 22.3 Å². The Balaban J connectivity index is 0.597. The molecule has 9 rings (SSSR count). The van der Waals surface area contributed by atoms with E-state index >= 15 is 0 Å². The zero-order chi connectivity index (χ0) is 103. The number of carboxylic acids is 2. The van der Waals surface area contributed by atoms with Gasteiger partial charge in [-0.05, 0) is 148 Å². The average molecular weight is 2020 g/mol. The first-order valence-electron chi connectivity index (χ1n) is 47.9. The van der Waals surface area contributed by atoms with Crippen LogP contribution >= 0.6 is 0 Å². The molecule has 14 amide bonds. The molecule has 0 radical (unpaired) electrons. The van der Waals surface area contributed by atoms with Crippen molar-refractivity contribution in [1.82, 2.24) is 67.6 Å². The highest BCUT2D eigenvalue weighted by molar-refractivity contribution is 7.92. The number of nitrogens with one attached hydrogen (secondary N) is 14. The summed E-state index contributed by atoms with van der Waals surface area (Å²) in [5, 5.41) is 55.1. The van der Waals surface area contributed by atoms with Gasteiger partial charge in [0.05, 0.1) is 132 Å². The summed E-state index contributed by atoms with van der Waals surface area (Å²) in [5.74, 6) is -9.20. The number of sulfonamides is 1. The number of urea groups is 3. The lowest BCUT2D eigenvalue weighted by Crippen LogP contribution is -2.57. The van der Waals surface area contributed by atoms with E-state index in [1.165, 1.54) is 79.8 Å². The molecule has 5 heterocycles. The van der Waals surface area contributed by atoms with Gasteiger partial charge in [-0.25, -0.2) is 37.4 Å². The summed E-state index contributed by atoms with van der Waals surface area (Å²) in [6.45, 7) is 11.3. The lowest BCUT2D eigenvalue weighted by atomic mass is 9.85. The first kappa shape index (κ1) is 113. The molecule has 1 saturated heterocycles. The molecular formula is C97H131N17O28S. The number of carbonyl (C=O) groups is 15. The maximum atomic E-state index is 14.5. The number of aryl methyl sites for hydroxylation is 1. The zero-order valence-corrected chi connectivity index (χ0v) is 82.0. The second-order valence-corrected chi connectivity index (χ2v) is 35.9. The molecule has 46 heteroatoms. The Bertz CT molecular complexity index is 5590. The number of hydrogen-bond donors (Lipinski definition) is 16. The zero-order valence-electron chi connectivity index (χ0n) is 81.2. The van der Waals surface area contributed by atoms with Gasteiger partial charge in [0.25, 0.3) is 15.6 Å². The Morgan fingerprint density at radius 3 is 1.74 bits per heavy atom. The van der Waals surface area contributed by atoms with Gasteiger partial charge in [-0.3, -0.25) is 57.5 Å². The number of carbonyl (C=O) groups excluding carboxylic acids is 13. The molecule has 0 bridgehead atoms. The van der Waals surface area contributed by atoms with Crippen LogP contribution in [0, 0.1) is 5.92 Å². The fourth-order valence-electron chi connectivity index (χ4n) is 16.0. The number of hydrogen-bond acceptors (Lipinski definition) is 27. The highest BCUT2D eigenvalue weighted by Crippen LogP contribution is 2.43. The smallest absolute Gasteiger partial charge is 0.355 e. The third-order valence-corrected chi connectivity index (χ3v) is 24.7. The van der Waals surface area contributed by atoms with Crippen molar-refractivity contribution in [3.05, 3.63) is 141 Å². The van der Waals surface area contributed by atoms with Crippen LogP contribution in [0.15, 0.2) is 113 Å². The van der Waals surface area contributed by atoms with Crippen molar-refractivity contribution in [1.29, 1.82) is 0 Å². The number of likely N-dealkylation sites (tertiary alicyclic amines) is 1. The molecule has 16 N–H and O–H groups in total. The number of unbranched alkanes of at least 4 members (excludes halogenated alkanes) is 1. The van der Waals surface area contributed by atoms with Crippen LogP contribution in [0.3, 0.4) is 0 Å². The Morgan fingerprint density at radius 1 is 0.545 bits per heavy atom. The van der Waals surface area contributed by atoms with E-state index in [0.29, 0.717) is 74.4 Å². The van der Waals surface area contributed by atoms with E-state index in [9.17, 15) is 95.3 Å². The number of esters is 2. The Hall–Kier alpha value is -13.8. The molecule has 0 spiro atoms. The SMILES string of the molecule is CCCNC(=O)Nc1cccc(S(=O)(=O)Nc2cccc([C@@H](CC(=O)O)NC(=O)Nc3ccc(NC(=O)NCCOCCOCCOCCNC(=O)[C@H](CCCCNC(=O)CCCC(=O)NC)NC(=O)CCCC(=O)NCCOCCOCCOCCC(=O)N[C@@H](CC(=O)O)C(=O)N4CCC[C@H]4C(=O)N[C@H](C(=O)O[C@]4(CC)C(=O)OCc5c4cc4n(c5=O)Cc5c-4nc4ccccc4c5CC)C(C)C)cc3)c2)c1. The maximum absolute atomic E-state index is 14.5. The molecule has 3 aliphatic rings. The van der Waals surface area contributed by atoms with E-state index in [1.54, 1.807) is 31.4 Å². The molecule has 778 valence electrons. The predicted octanol–water partition coefficient (Wildman–Crippen LogP) is 5.36. The average Bonchev–Trinajstić information content (AvgIpc) is 1.59. The number of ether oxygens (including phenoxy) is 8. The van der Waals surface area contributed by atoms with E-state index in [4.69, 9.17) is 42.9 Å². The van der Waals surface area contributed by atoms with Crippen molar-refractivity contribution < 1.29 is 128 Å². The van der Waals surface area contributed by atoms with Crippen LogP contribution in [-0.4, -0.2) is 272 Å². The minimum Gasteiger partial charge on any atom is -0.481 e. The lowest BCUT2D eigenvalue weighted by Gasteiger charge is -2.37. The minimum atomic E-state index is -4.20. The Kier molecular flexibility index (Phi) is 45.7. The van der Waals surface area contributed by atoms with Crippen LogP contribution < -0.4 is 79.4 Å². The summed E-state index contributed by atoms with van der Waals surface area (Å²) in [7, 11) is -2.68. The number of para-hydroxylation sites is 1. The molecule has 143 heavy (non-hydrogen) atoms. The van der Waals surface area contributed by atoms with Crippen molar-refractivity contribution in [3.63, 3.8) is 0 Å². The lowest BCUT2D eigenvalue weighted by molar-refractivity contribution is -0.191. The number of aliphatic carboxylic acids is 2. The van der Waals surface area contributed by atoms with Gasteiger partial charge in [0.1, 0.15) is 30.8 Å². The van der Waals surface area contributed by atoms with Gasteiger partial charge in [-0.15, -0.1) is 0 Å². The molecule has 3 aliphatic heterocycles. The normalized spacial score (nSPS) is 14.8. The summed E-state index contributed by atoms with van der Waals surface area (Å²) in [5.41, 5.74) is 2.64. The number of anilines is 4. The fraction of sp³-hybridized carbons (Fsp3) is 0.515. The van der Waals surface area contributed by atoms with Gasteiger partial charge >= 0.3 is 42.0 Å². The molecule has 0 unspecified atom stereocenters. The van der Waals surface area contributed by atoms with Crippen LogP contribution in [-0.2, 0) is 131 Å². The fourth-order valence-corrected chi connectivity index (χ4v) is 17.1. The highest BCUT2D eigenvalue weighted by Gasteiger charge is 2.52. The Morgan fingerprint density at radius 2 is 1.11 bits per heavy atom. The molecule has 6 aromatic rings. The topological polar surface area (TPSA) is 611 Å². The minimum absolute atomic E-state index is 0.00296.